The molecular formula is C19H17Cl2NO3. The molecule has 0 unspecified atom stereocenters. The first-order valence-electron chi connectivity index (χ1n) is 7.48. The molecule has 0 saturated heterocycles. The first kappa shape index (κ1) is 19.0. The Morgan fingerprint density at radius 3 is 2.20 bits per heavy atom. The van der Waals surface area contributed by atoms with Gasteiger partial charge in [-0.1, -0.05) is 29.3 Å². The van der Waals surface area contributed by atoms with E-state index in [9.17, 15) is 9.59 Å². The van der Waals surface area contributed by atoms with Crippen LogP contribution in [0.2, 0.25) is 10.0 Å². The van der Waals surface area contributed by atoms with Gasteiger partial charge in [-0.2, -0.15) is 0 Å². The molecule has 0 aromatic heterocycles. The summed E-state index contributed by atoms with van der Waals surface area (Å²) in [5.41, 5.74) is 1.09. The van der Waals surface area contributed by atoms with E-state index in [0.29, 0.717) is 26.9 Å². The SMILES string of the molecule is CN(C)C(=O)COc1ccc(C(=O)/C=C/c2c(Cl)cccc2Cl)cc1. The molecule has 0 saturated carbocycles. The summed E-state index contributed by atoms with van der Waals surface area (Å²) in [5.74, 6) is 0.191. The van der Waals surface area contributed by atoms with E-state index >= 15 is 0 Å². The average Bonchev–Trinajstić information content (AvgIpc) is 2.59. The number of nitrogens with zero attached hydrogens (tertiary/aromatic N) is 1. The summed E-state index contributed by atoms with van der Waals surface area (Å²) < 4.78 is 5.37. The highest BCUT2D eigenvalue weighted by atomic mass is 35.5. The molecule has 0 bridgehead atoms. The fourth-order valence-electron chi connectivity index (χ4n) is 1.91. The van der Waals surface area contributed by atoms with Crippen molar-refractivity contribution in [1.29, 1.82) is 0 Å². The van der Waals surface area contributed by atoms with Gasteiger partial charge in [-0.3, -0.25) is 9.59 Å². The summed E-state index contributed by atoms with van der Waals surface area (Å²) in [5, 5.41) is 0.955. The Bertz CT molecular complexity index is 779. The van der Waals surface area contributed by atoms with Gasteiger partial charge in [0.2, 0.25) is 0 Å². The van der Waals surface area contributed by atoms with Crippen molar-refractivity contribution in [3.05, 3.63) is 69.7 Å². The van der Waals surface area contributed by atoms with Crippen LogP contribution in [0, 0.1) is 0 Å². The topological polar surface area (TPSA) is 46.6 Å². The quantitative estimate of drug-likeness (QED) is 0.555. The van der Waals surface area contributed by atoms with Crippen molar-refractivity contribution in [2.45, 2.75) is 0 Å². The number of carbonyl (C=O) groups is 2. The molecule has 6 heteroatoms. The predicted octanol–water partition coefficient (Wildman–Crippen LogP) is 4.36. The van der Waals surface area contributed by atoms with E-state index in [4.69, 9.17) is 27.9 Å². The van der Waals surface area contributed by atoms with E-state index in [1.807, 2.05) is 0 Å². The molecule has 1 amide bonds. The predicted molar refractivity (Wildman–Crippen MR) is 100 cm³/mol. The molecule has 0 aliphatic rings. The lowest BCUT2D eigenvalue weighted by atomic mass is 10.1. The molecule has 2 rings (SSSR count). The zero-order valence-corrected chi connectivity index (χ0v) is 15.3. The van der Waals surface area contributed by atoms with Crippen molar-refractivity contribution in [2.75, 3.05) is 20.7 Å². The maximum atomic E-state index is 12.2. The molecule has 0 N–H and O–H groups in total. The Morgan fingerprint density at radius 2 is 1.64 bits per heavy atom. The number of hydrogen-bond donors (Lipinski definition) is 0. The highest BCUT2D eigenvalue weighted by molar-refractivity contribution is 6.37. The minimum Gasteiger partial charge on any atom is -0.484 e. The molecule has 0 spiro atoms. The Labute approximate surface area is 156 Å². The highest BCUT2D eigenvalue weighted by Gasteiger charge is 2.07. The smallest absolute Gasteiger partial charge is 0.259 e. The number of carbonyl (C=O) groups excluding carboxylic acids is 2. The van der Waals surface area contributed by atoms with Gasteiger partial charge >= 0.3 is 0 Å². The first-order valence-corrected chi connectivity index (χ1v) is 8.23. The van der Waals surface area contributed by atoms with Gasteiger partial charge in [0.25, 0.3) is 5.91 Å². The second-order valence-electron chi connectivity index (χ2n) is 5.43. The zero-order valence-electron chi connectivity index (χ0n) is 13.8. The van der Waals surface area contributed by atoms with Crippen molar-refractivity contribution >= 4 is 41.0 Å². The van der Waals surface area contributed by atoms with E-state index in [2.05, 4.69) is 0 Å². The number of halogens is 2. The number of benzene rings is 2. The van der Waals surface area contributed by atoms with E-state index in [0.717, 1.165) is 0 Å². The molecule has 25 heavy (non-hydrogen) atoms. The molecule has 4 nitrogen and oxygen atoms in total. The van der Waals surface area contributed by atoms with Crippen molar-refractivity contribution in [3.63, 3.8) is 0 Å². The summed E-state index contributed by atoms with van der Waals surface area (Å²) in [7, 11) is 3.32. The van der Waals surface area contributed by atoms with Crippen LogP contribution in [0.3, 0.4) is 0 Å². The highest BCUT2D eigenvalue weighted by Crippen LogP contribution is 2.25. The van der Waals surface area contributed by atoms with Gasteiger partial charge in [0.15, 0.2) is 12.4 Å². The van der Waals surface area contributed by atoms with E-state index < -0.39 is 0 Å². The number of ketones is 1. The van der Waals surface area contributed by atoms with Crippen LogP contribution in [0.15, 0.2) is 48.5 Å². The first-order chi connectivity index (χ1) is 11.9. The number of allylic oxidation sites excluding steroid dienone is 1. The van der Waals surface area contributed by atoms with Crippen molar-refractivity contribution in [1.82, 2.24) is 4.90 Å². The molecule has 0 radical (unpaired) electrons. The summed E-state index contributed by atoms with van der Waals surface area (Å²) in [4.78, 5) is 25.2. The second-order valence-corrected chi connectivity index (χ2v) is 6.25. The van der Waals surface area contributed by atoms with Crippen molar-refractivity contribution in [3.8, 4) is 5.75 Å². The summed E-state index contributed by atoms with van der Waals surface area (Å²) >= 11 is 12.1. The van der Waals surface area contributed by atoms with E-state index in [-0.39, 0.29) is 18.3 Å². The lowest BCUT2D eigenvalue weighted by Gasteiger charge is -2.11. The summed E-state index contributed by atoms with van der Waals surface area (Å²) in [6, 6.07) is 11.7. The summed E-state index contributed by atoms with van der Waals surface area (Å²) in [6.07, 6.45) is 3.01. The third-order valence-corrected chi connectivity index (χ3v) is 4.06. The molecule has 0 fully saturated rings. The van der Waals surface area contributed by atoms with Gasteiger partial charge < -0.3 is 9.64 Å². The van der Waals surface area contributed by atoms with Crippen LogP contribution in [0.5, 0.6) is 5.75 Å². The third kappa shape index (κ3) is 5.34. The lowest BCUT2D eigenvalue weighted by Crippen LogP contribution is -2.27. The maximum absolute atomic E-state index is 12.2. The Hall–Kier alpha value is -2.30. The Balaban J connectivity index is 2.03. The Morgan fingerprint density at radius 1 is 1.04 bits per heavy atom. The molecule has 130 valence electrons. The molecule has 2 aromatic carbocycles. The van der Waals surface area contributed by atoms with Crippen LogP contribution in [0.4, 0.5) is 0 Å². The lowest BCUT2D eigenvalue weighted by molar-refractivity contribution is -0.130. The van der Waals surface area contributed by atoms with Crippen LogP contribution >= 0.6 is 23.2 Å². The maximum Gasteiger partial charge on any atom is 0.259 e. The van der Waals surface area contributed by atoms with Gasteiger partial charge in [0, 0.05) is 35.3 Å². The van der Waals surface area contributed by atoms with Crippen molar-refractivity contribution in [2.24, 2.45) is 0 Å². The molecular weight excluding hydrogens is 361 g/mol. The van der Waals surface area contributed by atoms with E-state index in [1.165, 1.54) is 11.0 Å². The zero-order chi connectivity index (χ0) is 18.4. The number of ether oxygens (including phenoxy) is 1. The van der Waals surface area contributed by atoms with Crippen LogP contribution < -0.4 is 4.74 Å². The largest absolute Gasteiger partial charge is 0.484 e. The van der Waals surface area contributed by atoms with Crippen molar-refractivity contribution < 1.29 is 14.3 Å². The standard InChI is InChI=1S/C19H17Cl2NO3/c1-22(2)19(24)12-25-14-8-6-13(7-9-14)18(23)11-10-15-16(20)4-3-5-17(15)21/h3-11H,12H2,1-2H3/b11-10+. The van der Waals surface area contributed by atoms with Gasteiger partial charge in [-0.15, -0.1) is 0 Å². The fraction of sp³-hybridized carbons (Fsp3) is 0.158. The molecule has 0 atom stereocenters. The average molecular weight is 378 g/mol. The van der Waals surface area contributed by atoms with Gasteiger partial charge in [-0.25, -0.2) is 0 Å². The number of rotatable bonds is 6. The van der Waals surface area contributed by atoms with Crippen LogP contribution in [-0.2, 0) is 4.79 Å². The van der Waals surface area contributed by atoms with Crippen LogP contribution in [-0.4, -0.2) is 37.3 Å². The monoisotopic (exact) mass is 377 g/mol. The normalized spacial score (nSPS) is 10.7. The molecule has 2 aromatic rings. The number of likely N-dealkylation sites (N-methyl/N-ethyl adjacent to an activating group) is 1. The Kier molecular flexibility index (Phi) is 6.62. The molecule has 0 aliphatic heterocycles. The van der Waals surface area contributed by atoms with Crippen LogP contribution in [0.25, 0.3) is 6.08 Å². The minimum atomic E-state index is -0.188. The number of amides is 1. The molecule has 0 aliphatic carbocycles. The molecule has 0 heterocycles. The number of hydrogen-bond acceptors (Lipinski definition) is 3. The van der Waals surface area contributed by atoms with Gasteiger partial charge in [-0.05, 0) is 48.6 Å². The summed E-state index contributed by atoms with van der Waals surface area (Å²) in [6.45, 7) is -0.0504. The van der Waals surface area contributed by atoms with E-state index in [1.54, 1.807) is 62.6 Å². The van der Waals surface area contributed by atoms with Gasteiger partial charge in [0.1, 0.15) is 5.75 Å². The minimum absolute atomic E-state index is 0.0504. The fourth-order valence-corrected chi connectivity index (χ4v) is 2.44. The van der Waals surface area contributed by atoms with Crippen LogP contribution in [0.1, 0.15) is 15.9 Å². The third-order valence-electron chi connectivity index (χ3n) is 3.40. The van der Waals surface area contributed by atoms with Gasteiger partial charge in [0.05, 0.1) is 0 Å². The second kappa shape index (κ2) is 8.70.